The largest absolute Gasteiger partial charge is 0.468 e. The van der Waals surface area contributed by atoms with Gasteiger partial charge in [-0.05, 0) is 79.8 Å². The van der Waals surface area contributed by atoms with Gasteiger partial charge in [0.1, 0.15) is 11.4 Å². The van der Waals surface area contributed by atoms with E-state index in [0.717, 1.165) is 61.0 Å². The molecule has 4 aromatic rings. The van der Waals surface area contributed by atoms with Crippen LogP contribution in [-0.4, -0.2) is 87.3 Å². The fourth-order valence-electron chi connectivity index (χ4n) is 7.70. The molecule has 0 amide bonds. The van der Waals surface area contributed by atoms with Crippen LogP contribution >= 0.6 is 22.7 Å². The third-order valence-corrected chi connectivity index (χ3v) is 12.8. The molecule has 62 heavy (non-hydrogen) atoms. The number of hydrogen-bond acceptors (Lipinski definition) is 16. The number of carbonyl (C=O) groups excluding carboxylic acids is 1. The van der Waals surface area contributed by atoms with Gasteiger partial charge in [0.25, 0.3) is 16.6 Å². The standard InChI is InChI=1S/C39H44N2O5S3.3O3S.Y/c1-6-7-20-40-29-16-17-31-27(18-23-47-31)35(29)38(2,3)33(40)14-10-8-11-15-34-39(4,5)36-28-19-24-48-37(28)32(49(43,44)45)25-30(36)41(34)21-12-9-13-22-46-26-42;3*1-4(2)3;/h8,10-11,14-19,23-26H,6-7,9,12-13,20-22H2,1-5H3;;;;/p+1. The summed E-state index contributed by atoms with van der Waals surface area (Å²) in [6.07, 6.45) is 15.3. The number of rotatable bonds is 14. The molecular formula is C39H45N2O14S6Y+. The molecule has 6 rings (SSSR count). The van der Waals surface area contributed by atoms with Crippen LogP contribution in [0.2, 0.25) is 0 Å². The van der Waals surface area contributed by atoms with E-state index < -0.39 is 47.4 Å². The molecule has 2 aromatic carbocycles. The van der Waals surface area contributed by atoms with Crippen LogP contribution in [0.3, 0.4) is 0 Å². The second-order valence-corrected chi connectivity index (χ2v) is 18.9. The molecule has 2 aliphatic heterocycles. The number of fused-ring (bicyclic) bond motifs is 6. The maximum Gasteiger partial charge on any atom is 0.425 e. The molecule has 1 radical (unpaired) electrons. The van der Waals surface area contributed by atoms with Crippen molar-refractivity contribution in [1.29, 1.82) is 0 Å². The third kappa shape index (κ3) is 13.9. The maximum atomic E-state index is 12.5. The second kappa shape index (κ2) is 24.5. The minimum absolute atomic E-state index is 0. The SMILES string of the molecule is CCCC[N+]1=C(/C=C/C=C/C=C2/N(CCCCCOC=O)c3cc(S(=O)(=O)O)c4sccc4c3C2(C)C)C(C)(C)c2c1ccc1sccc21.O=S(=O)=O.O=S(=O)=O.O=S(=O)=O.[Y]. The Hall–Kier alpha value is -3.61. The van der Waals surface area contributed by atoms with Crippen molar-refractivity contribution in [2.45, 2.75) is 82.4 Å². The van der Waals surface area contributed by atoms with Crippen molar-refractivity contribution in [3.63, 3.8) is 0 Å². The summed E-state index contributed by atoms with van der Waals surface area (Å²) in [5, 5.41) is 6.26. The molecule has 23 heteroatoms. The Morgan fingerprint density at radius 1 is 0.790 bits per heavy atom. The topological polar surface area (TPSA) is 241 Å². The first-order chi connectivity index (χ1) is 28.6. The summed E-state index contributed by atoms with van der Waals surface area (Å²) in [5.41, 5.74) is 6.34. The van der Waals surface area contributed by atoms with E-state index in [1.807, 2.05) is 11.4 Å². The van der Waals surface area contributed by atoms with Crippen molar-refractivity contribution in [3.05, 3.63) is 88.3 Å². The number of hydrogen-bond donors (Lipinski definition) is 1. The van der Waals surface area contributed by atoms with Crippen LogP contribution in [0.25, 0.3) is 20.2 Å². The van der Waals surface area contributed by atoms with Gasteiger partial charge in [-0.25, -0.2) is 0 Å². The molecule has 333 valence electrons. The number of ether oxygens (including phenoxy) is 1. The summed E-state index contributed by atoms with van der Waals surface area (Å²) in [7, 11) is -13.8. The van der Waals surface area contributed by atoms with Crippen LogP contribution in [0, 0.1) is 0 Å². The van der Waals surface area contributed by atoms with Gasteiger partial charge in [-0.2, -0.15) is 13.0 Å². The molecule has 0 unspecified atom stereocenters. The molecule has 0 bridgehead atoms. The first-order valence-electron chi connectivity index (χ1n) is 18.5. The van der Waals surface area contributed by atoms with Crippen LogP contribution in [0.5, 0.6) is 0 Å². The van der Waals surface area contributed by atoms with Crippen molar-refractivity contribution in [3.8, 4) is 0 Å². The van der Waals surface area contributed by atoms with Gasteiger partial charge >= 0.3 is 31.8 Å². The average Bonchev–Trinajstić information content (AvgIpc) is 3.91. The van der Waals surface area contributed by atoms with Crippen LogP contribution in [0.15, 0.2) is 82.1 Å². The van der Waals surface area contributed by atoms with Gasteiger partial charge in [0.15, 0.2) is 5.71 Å². The van der Waals surface area contributed by atoms with Crippen LogP contribution in [0.1, 0.15) is 77.8 Å². The van der Waals surface area contributed by atoms with Crippen molar-refractivity contribution >= 4 is 108 Å². The molecule has 2 aromatic heterocycles. The molecule has 0 atom stereocenters. The summed E-state index contributed by atoms with van der Waals surface area (Å²) in [6.45, 7) is 13.7. The van der Waals surface area contributed by atoms with E-state index >= 15 is 0 Å². The Bertz CT molecular complexity index is 2760. The number of unbranched alkanes of at least 4 members (excludes halogenated alkanes) is 3. The van der Waals surface area contributed by atoms with Crippen molar-refractivity contribution in [2.24, 2.45) is 0 Å². The van der Waals surface area contributed by atoms with E-state index in [9.17, 15) is 17.8 Å². The zero-order chi connectivity index (χ0) is 45.7. The van der Waals surface area contributed by atoms with Gasteiger partial charge in [-0.3, -0.25) is 9.35 Å². The minimum Gasteiger partial charge on any atom is -0.468 e. The molecule has 0 saturated heterocycles. The van der Waals surface area contributed by atoms with Gasteiger partial charge in [-0.15, -0.1) is 60.6 Å². The predicted molar refractivity (Wildman–Crippen MR) is 233 cm³/mol. The second-order valence-electron chi connectivity index (χ2n) is 14.4. The smallest absolute Gasteiger partial charge is 0.425 e. The molecule has 1 N–H and O–H groups in total. The number of benzene rings is 2. The maximum absolute atomic E-state index is 12.5. The molecule has 2 aliphatic rings. The molecule has 4 heterocycles. The predicted octanol–water partition coefficient (Wildman–Crippen LogP) is 6.66. The number of thiophene rings is 2. The van der Waals surface area contributed by atoms with E-state index in [-0.39, 0.29) is 43.0 Å². The van der Waals surface area contributed by atoms with Crippen molar-refractivity contribution in [1.82, 2.24) is 0 Å². The van der Waals surface area contributed by atoms with Gasteiger partial charge in [0, 0.05) is 95.7 Å². The van der Waals surface area contributed by atoms with E-state index in [2.05, 4.69) is 98.1 Å². The molecule has 16 nitrogen and oxygen atoms in total. The van der Waals surface area contributed by atoms with Gasteiger partial charge < -0.3 is 9.64 Å². The molecular weight excluding hydrogens is 1000 g/mol. The first-order valence-corrected chi connectivity index (χ1v) is 24.7. The zero-order valence-electron chi connectivity index (χ0n) is 34.3. The van der Waals surface area contributed by atoms with E-state index in [1.54, 1.807) is 17.4 Å². The van der Waals surface area contributed by atoms with Crippen LogP contribution in [-0.2, 0) is 95.0 Å². The monoisotopic (exact) mass is 1050 g/mol. The third-order valence-electron chi connectivity index (χ3n) is 9.94. The minimum atomic E-state index is -4.43. The van der Waals surface area contributed by atoms with Crippen molar-refractivity contribution < 1.29 is 97.7 Å². The van der Waals surface area contributed by atoms with E-state index in [4.69, 9.17) is 42.6 Å². The quantitative estimate of drug-likeness (QED) is 0.0457. The molecule has 0 aliphatic carbocycles. The van der Waals surface area contributed by atoms with E-state index in [0.29, 0.717) is 24.3 Å². The number of carbonyl (C=O) groups is 1. The Labute approximate surface area is 397 Å². The summed E-state index contributed by atoms with van der Waals surface area (Å²) >= 11 is 3.12. The fourth-order valence-corrected chi connectivity index (χ4v) is 10.4. The van der Waals surface area contributed by atoms with Crippen LogP contribution < -0.4 is 4.90 Å². The summed E-state index contributed by atoms with van der Waals surface area (Å²) < 4.78 is 120. The number of anilines is 1. The van der Waals surface area contributed by atoms with Crippen LogP contribution in [0.4, 0.5) is 11.4 Å². The van der Waals surface area contributed by atoms with Gasteiger partial charge in [0.2, 0.25) is 5.69 Å². The zero-order valence-corrected chi connectivity index (χ0v) is 42.1. The first kappa shape index (κ1) is 54.5. The summed E-state index contributed by atoms with van der Waals surface area (Å²) in [5.74, 6) is 0. The number of allylic oxidation sites excluding steroid dienone is 6. The molecule has 0 saturated carbocycles. The van der Waals surface area contributed by atoms with Gasteiger partial charge in [-0.1, -0.05) is 45.4 Å². The van der Waals surface area contributed by atoms with Gasteiger partial charge in [0.05, 0.1) is 16.7 Å². The summed E-state index contributed by atoms with van der Waals surface area (Å²) in [4.78, 5) is 12.7. The average molecular weight is 1050 g/mol. The Kier molecular flexibility index (Phi) is 21.5. The Morgan fingerprint density at radius 2 is 1.40 bits per heavy atom. The summed E-state index contributed by atoms with van der Waals surface area (Å²) in [6, 6.07) is 10.4. The molecule has 0 spiro atoms. The fraction of sp³-hybridized carbons (Fsp3) is 0.385. The normalized spacial score (nSPS) is 15.2. The Morgan fingerprint density at radius 3 is 2.00 bits per heavy atom. The Balaban J connectivity index is 0.000000905. The van der Waals surface area contributed by atoms with E-state index in [1.165, 1.54) is 38.4 Å². The molecule has 0 fully saturated rings. The van der Waals surface area contributed by atoms with Crippen molar-refractivity contribution in [2.75, 3.05) is 24.6 Å². The number of nitrogens with zero attached hydrogens (tertiary/aromatic N) is 2.